The first-order valence-corrected chi connectivity index (χ1v) is 9.07. The lowest BCUT2D eigenvalue weighted by Gasteiger charge is -2.35. The number of aromatic nitrogens is 3. The van der Waals surface area contributed by atoms with Gasteiger partial charge in [0, 0.05) is 69.7 Å². The van der Waals surface area contributed by atoms with Crippen LogP contribution >= 0.6 is 0 Å². The maximum absolute atomic E-state index is 5.46. The Kier molecular flexibility index (Phi) is 4.94. The zero-order valence-corrected chi connectivity index (χ0v) is 14.7. The number of anilines is 1. The van der Waals surface area contributed by atoms with Crippen LogP contribution in [-0.4, -0.2) is 59.4 Å². The zero-order valence-electron chi connectivity index (χ0n) is 14.7. The van der Waals surface area contributed by atoms with Gasteiger partial charge in [0.2, 0.25) is 0 Å². The second-order valence-electron chi connectivity index (χ2n) is 6.88. The standard InChI is InChI=1S/C18H25N5O2/c1-14-10-16(21-25-14)12-22-4-6-23(7-5-22)18-11-17(19-13-20-18)15-2-8-24-9-3-15/h10-11,13,15H,2-9,12H2,1H3. The monoisotopic (exact) mass is 343 g/mol. The summed E-state index contributed by atoms with van der Waals surface area (Å²) in [5.74, 6) is 2.43. The summed E-state index contributed by atoms with van der Waals surface area (Å²) in [4.78, 5) is 13.8. The molecule has 7 nitrogen and oxygen atoms in total. The first kappa shape index (κ1) is 16.5. The summed E-state index contributed by atoms with van der Waals surface area (Å²) in [5, 5.41) is 4.09. The van der Waals surface area contributed by atoms with Crippen molar-refractivity contribution in [3.63, 3.8) is 0 Å². The molecule has 4 rings (SSSR count). The molecule has 0 bridgehead atoms. The molecule has 0 unspecified atom stereocenters. The molecule has 0 radical (unpaired) electrons. The maximum Gasteiger partial charge on any atom is 0.133 e. The number of ether oxygens (including phenoxy) is 1. The molecular weight excluding hydrogens is 318 g/mol. The largest absolute Gasteiger partial charge is 0.381 e. The normalized spacial score (nSPS) is 20.1. The predicted octanol–water partition coefficient (Wildman–Crippen LogP) is 1.99. The number of nitrogens with zero attached hydrogens (tertiary/aromatic N) is 5. The van der Waals surface area contributed by atoms with Crippen LogP contribution in [-0.2, 0) is 11.3 Å². The van der Waals surface area contributed by atoms with Gasteiger partial charge in [-0.2, -0.15) is 0 Å². The van der Waals surface area contributed by atoms with Gasteiger partial charge in [-0.05, 0) is 19.8 Å². The fraction of sp³-hybridized carbons (Fsp3) is 0.611. The van der Waals surface area contributed by atoms with Crippen LogP contribution in [0.15, 0.2) is 23.0 Å². The average molecular weight is 343 g/mol. The summed E-state index contributed by atoms with van der Waals surface area (Å²) in [6, 6.07) is 4.18. The van der Waals surface area contributed by atoms with Gasteiger partial charge in [0.25, 0.3) is 0 Å². The maximum atomic E-state index is 5.46. The van der Waals surface area contributed by atoms with Gasteiger partial charge in [-0.15, -0.1) is 0 Å². The van der Waals surface area contributed by atoms with E-state index in [-0.39, 0.29) is 0 Å². The topological polar surface area (TPSA) is 67.5 Å². The minimum Gasteiger partial charge on any atom is -0.381 e. The Morgan fingerprint density at radius 3 is 2.60 bits per heavy atom. The Bertz CT molecular complexity index is 690. The third-order valence-electron chi connectivity index (χ3n) is 5.07. The molecule has 0 aromatic carbocycles. The van der Waals surface area contributed by atoms with Crippen LogP contribution in [0.25, 0.3) is 0 Å². The third kappa shape index (κ3) is 3.99. The highest BCUT2D eigenvalue weighted by Crippen LogP contribution is 2.27. The van der Waals surface area contributed by atoms with Gasteiger partial charge in [-0.3, -0.25) is 4.90 Å². The van der Waals surface area contributed by atoms with Crippen LogP contribution in [0.1, 0.15) is 35.9 Å². The van der Waals surface area contributed by atoms with E-state index >= 15 is 0 Å². The highest BCUT2D eigenvalue weighted by Gasteiger charge is 2.22. The van der Waals surface area contributed by atoms with E-state index < -0.39 is 0 Å². The summed E-state index contributed by atoms with van der Waals surface area (Å²) in [7, 11) is 0. The summed E-state index contributed by atoms with van der Waals surface area (Å²) >= 11 is 0. The van der Waals surface area contributed by atoms with Crippen LogP contribution in [0.2, 0.25) is 0 Å². The fourth-order valence-electron chi connectivity index (χ4n) is 3.61. The molecule has 7 heteroatoms. The van der Waals surface area contributed by atoms with Gasteiger partial charge in [0.1, 0.15) is 17.9 Å². The van der Waals surface area contributed by atoms with Crippen LogP contribution < -0.4 is 4.90 Å². The minimum absolute atomic E-state index is 0.507. The summed E-state index contributed by atoms with van der Waals surface area (Å²) in [6.07, 6.45) is 3.83. The fourth-order valence-corrected chi connectivity index (χ4v) is 3.61. The number of aryl methyl sites for hydroxylation is 1. The number of piperazine rings is 1. The van der Waals surface area contributed by atoms with Crippen molar-refractivity contribution in [3.8, 4) is 0 Å². The van der Waals surface area contributed by atoms with Crippen LogP contribution in [0.3, 0.4) is 0 Å². The van der Waals surface area contributed by atoms with Crippen molar-refractivity contribution in [1.82, 2.24) is 20.0 Å². The molecular formula is C18H25N5O2. The molecule has 4 heterocycles. The molecule has 2 saturated heterocycles. The van der Waals surface area contributed by atoms with Crippen LogP contribution in [0, 0.1) is 6.92 Å². The SMILES string of the molecule is Cc1cc(CN2CCN(c3cc(C4CCOCC4)ncn3)CC2)no1. The van der Waals surface area contributed by atoms with E-state index in [4.69, 9.17) is 9.26 Å². The lowest BCUT2D eigenvalue weighted by atomic mass is 9.96. The summed E-state index contributed by atoms with van der Waals surface area (Å²) < 4.78 is 10.6. The van der Waals surface area contributed by atoms with Gasteiger partial charge in [0.05, 0.1) is 5.69 Å². The van der Waals surface area contributed by atoms with Crippen molar-refractivity contribution in [2.75, 3.05) is 44.3 Å². The molecule has 0 N–H and O–H groups in total. The highest BCUT2D eigenvalue weighted by atomic mass is 16.5. The molecule has 2 aromatic rings. The van der Waals surface area contributed by atoms with E-state index in [1.807, 2.05) is 13.0 Å². The summed E-state index contributed by atoms with van der Waals surface area (Å²) in [5.41, 5.74) is 2.17. The van der Waals surface area contributed by atoms with Gasteiger partial charge >= 0.3 is 0 Å². The van der Waals surface area contributed by atoms with Crippen molar-refractivity contribution in [2.24, 2.45) is 0 Å². The van der Waals surface area contributed by atoms with E-state index in [0.717, 1.165) is 81.7 Å². The Morgan fingerprint density at radius 1 is 1.08 bits per heavy atom. The van der Waals surface area contributed by atoms with E-state index in [2.05, 4.69) is 31.0 Å². The molecule has 134 valence electrons. The average Bonchev–Trinajstić information content (AvgIpc) is 3.08. The Labute approximate surface area is 148 Å². The molecule has 2 aliphatic rings. The molecule has 0 amide bonds. The van der Waals surface area contributed by atoms with Crippen LogP contribution in [0.4, 0.5) is 5.82 Å². The minimum atomic E-state index is 0.507. The molecule has 0 aliphatic carbocycles. The first-order chi connectivity index (χ1) is 12.3. The zero-order chi connectivity index (χ0) is 17.1. The quantitative estimate of drug-likeness (QED) is 0.841. The van der Waals surface area contributed by atoms with Gasteiger partial charge < -0.3 is 14.2 Å². The molecule has 0 saturated carbocycles. The van der Waals surface area contributed by atoms with Crippen molar-refractivity contribution < 1.29 is 9.26 Å². The van der Waals surface area contributed by atoms with Gasteiger partial charge in [-0.25, -0.2) is 9.97 Å². The van der Waals surface area contributed by atoms with Crippen molar-refractivity contribution >= 4 is 5.82 Å². The predicted molar refractivity (Wildman–Crippen MR) is 93.6 cm³/mol. The van der Waals surface area contributed by atoms with Crippen LogP contribution in [0.5, 0.6) is 0 Å². The first-order valence-electron chi connectivity index (χ1n) is 9.07. The highest BCUT2D eigenvalue weighted by molar-refractivity contribution is 5.40. The molecule has 2 fully saturated rings. The number of hydrogen-bond acceptors (Lipinski definition) is 7. The molecule has 25 heavy (non-hydrogen) atoms. The Morgan fingerprint density at radius 2 is 1.88 bits per heavy atom. The molecule has 0 spiro atoms. The molecule has 2 aromatic heterocycles. The van der Waals surface area contributed by atoms with E-state index in [1.165, 1.54) is 0 Å². The second kappa shape index (κ2) is 7.49. The Balaban J connectivity index is 1.35. The lowest BCUT2D eigenvalue weighted by Crippen LogP contribution is -2.46. The molecule has 2 aliphatic heterocycles. The smallest absolute Gasteiger partial charge is 0.133 e. The lowest BCUT2D eigenvalue weighted by molar-refractivity contribution is 0.0845. The third-order valence-corrected chi connectivity index (χ3v) is 5.07. The van der Waals surface area contributed by atoms with E-state index in [9.17, 15) is 0 Å². The summed E-state index contributed by atoms with van der Waals surface area (Å²) in [6.45, 7) is 8.41. The van der Waals surface area contributed by atoms with Crippen molar-refractivity contribution in [1.29, 1.82) is 0 Å². The Hall–Kier alpha value is -1.99. The number of rotatable bonds is 4. The van der Waals surface area contributed by atoms with Gasteiger partial charge in [0.15, 0.2) is 0 Å². The van der Waals surface area contributed by atoms with E-state index in [1.54, 1.807) is 6.33 Å². The second-order valence-corrected chi connectivity index (χ2v) is 6.88. The van der Waals surface area contributed by atoms with Gasteiger partial charge in [-0.1, -0.05) is 5.16 Å². The number of hydrogen-bond donors (Lipinski definition) is 0. The van der Waals surface area contributed by atoms with Crippen molar-refractivity contribution in [2.45, 2.75) is 32.2 Å². The van der Waals surface area contributed by atoms with Crippen molar-refractivity contribution in [3.05, 3.63) is 35.6 Å². The van der Waals surface area contributed by atoms with E-state index in [0.29, 0.717) is 5.92 Å². The molecule has 0 atom stereocenters.